The van der Waals surface area contributed by atoms with Gasteiger partial charge in [-0.15, -0.1) is 0 Å². The molecular formula is C19H32N2O5. The summed E-state index contributed by atoms with van der Waals surface area (Å²) in [6, 6.07) is 0.0214. The summed E-state index contributed by atoms with van der Waals surface area (Å²) in [5, 5.41) is 5.95. The smallest absolute Gasteiger partial charge is 0.407 e. The van der Waals surface area contributed by atoms with Crippen LogP contribution in [0.25, 0.3) is 0 Å². The maximum atomic E-state index is 12.2. The van der Waals surface area contributed by atoms with Gasteiger partial charge in [0.1, 0.15) is 12.2 Å². The molecule has 2 heterocycles. The summed E-state index contributed by atoms with van der Waals surface area (Å²) >= 11 is 0. The minimum absolute atomic E-state index is 0.00485. The molecule has 3 rings (SSSR count). The summed E-state index contributed by atoms with van der Waals surface area (Å²) in [5.41, 5.74) is -0.0671. The maximum Gasteiger partial charge on any atom is 0.407 e. The zero-order valence-electron chi connectivity index (χ0n) is 16.1. The van der Waals surface area contributed by atoms with Gasteiger partial charge in [0.25, 0.3) is 0 Å². The number of hydrogen-bond acceptors (Lipinski definition) is 5. The van der Waals surface area contributed by atoms with E-state index in [9.17, 15) is 9.59 Å². The predicted octanol–water partition coefficient (Wildman–Crippen LogP) is 2.13. The van der Waals surface area contributed by atoms with E-state index in [4.69, 9.17) is 14.2 Å². The average Bonchev–Trinajstić information content (AvgIpc) is 3.10. The number of carbonyl (C=O) groups is 2. The largest absolute Gasteiger partial charge is 0.441 e. The first kappa shape index (κ1) is 19.4. The lowest BCUT2D eigenvalue weighted by Crippen LogP contribution is -2.45. The van der Waals surface area contributed by atoms with E-state index in [1.807, 2.05) is 20.8 Å². The van der Waals surface area contributed by atoms with Crippen molar-refractivity contribution < 1.29 is 23.8 Å². The highest BCUT2D eigenvalue weighted by Crippen LogP contribution is 2.29. The second-order valence-electron chi connectivity index (χ2n) is 8.93. The van der Waals surface area contributed by atoms with Crippen LogP contribution in [0.3, 0.4) is 0 Å². The fourth-order valence-corrected chi connectivity index (χ4v) is 4.01. The van der Waals surface area contributed by atoms with Crippen LogP contribution in [0.15, 0.2) is 0 Å². The molecule has 2 amide bonds. The summed E-state index contributed by atoms with van der Waals surface area (Å²) < 4.78 is 17.1. The summed E-state index contributed by atoms with van der Waals surface area (Å²) in [5.74, 6) is -0.00485. The van der Waals surface area contributed by atoms with Gasteiger partial charge in [0.05, 0.1) is 19.3 Å². The first-order valence-corrected chi connectivity index (χ1v) is 9.81. The van der Waals surface area contributed by atoms with Crippen LogP contribution in [-0.4, -0.2) is 55.6 Å². The van der Waals surface area contributed by atoms with Gasteiger partial charge in [0.15, 0.2) is 6.10 Å². The van der Waals surface area contributed by atoms with Crippen LogP contribution < -0.4 is 10.6 Å². The second kappa shape index (κ2) is 8.13. The van der Waals surface area contributed by atoms with E-state index >= 15 is 0 Å². The Bertz CT molecular complexity index is 513. The fraction of sp³-hybridized carbons (Fsp3) is 0.895. The fourth-order valence-electron chi connectivity index (χ4n) is 4.01. The number of nitrogens with one attached hydrogen (secondary N) is 2. The lowest BCUT2D eigenvalue weighted by Gasteiger charge is -2.24. The van der Waals surface area contributed by atoms with E-state index in [1.54, 1.807) is 0 Å². The van der Waals surface area contributed by atoms with E-state index in [0.717, 1.165) is 25.7 Å². The number of amides is 2. The molecule has 3 fully saturated rings. The quantitative estimate of drug-likeness (QED) is 0.794. The normalized spacial score (nSPS) is 32.1. The number of alkyl carbamates (subject to hydrolysis) is 1. The SMILES string of the molecule is CC(C)(C)CC(=O)N[C@H]1CO[C@H]2[C@@H]1OC[C@H]2OC(=O)NC1CCCCC1. The minimum atomic E-state index is -0.423. The van der Waals surface area contributed by atoms with Crippen molar-refractivity contribution in [3.8, 4) is 0 Å². The van der Waals surface area contributed by atoms with Crippen LogP contribution in [0.2, 0.25) is 0 Å². The standard InChI is InChI=1S/C19H32N2O5/c1-19(2,3)9-15(22)21-13-10-24-17-14(11-25-16(13)17)26-18(23)20-12-7-5-4-6-8-12/h12-14,16-17H,4-11H2,1-3H3,(H,20,23)(H,21,22)/t13-,14+,16+,17+/m0/s1. The Morgan fingerprint density at radius 3 is 2.38 bits per heavy atom. The van der Waals surface area contributed by atoms with Gasteiger partial charge in [-0.3, -0.25) is 4.79 Å². The molecule has 1 saturated carbocycles. The number of fused-ring (bicyclic) bond motifs is 1. The molecule has 0 aromatic rings. The van der Waals surface area contributed by atoms with Crippen LogP contribution in [0, 0.1) is 5.41 Å². The summed E-state index contributed by atoms with van der Waals surface area (Å²) in [7, 11) is 0. The molecule has 0 aromatic carbocycles. The number of ether oxygens (including phenoxy) is 3. The van der Waals surface area contributed by atoms with Crippen molar-refractivity contribution in [1.29, 1.82) is 0 Å². The summed E-state index contributed by atoms with van der Waals surface area (Å²) in [6.45, 7) is 6.78. The highest BCUT2D eigenvalue weighted by Gasteiger charge is 2.50. The van der Waals surface area contributed by atoms with Gasteiger partial charge in [0, 0.05) is 12.5 Å². The molecule has 3 aliphatic rings. The van der Waals surface area contributed by atoms with Crippen LogP contribution in [-0.2, 0) is 19.0 Å². The van der Waals surface area contributed by atoms with Gasteiger partial charge >= 0.3 is 6.09 Å². The minimum Gasteiger partial charge on any atom is -0.441 e. The molecule has 0 spiro atoms. The van der Waals surface area contributed by atoms with Crippen molar-refractivity contribution in [2.24, 2.45) is 5.41 Å². The molecular weight excluding hydrogens is 336 g/mol. The number of carbonyl (C=O) groups excluding carboxylic acids is 2. The monoisotopic (exact) mass is 368 g/mol. The number of hydrogen-bond donors (Lipinski definition) is 2. The van der Waals surface area contributed by atoms with Gasteiger partial charge in [-0.2, -0.15) is 0 Å². The Labute approximate surface area is 155 Å². The van der Waals surface area contributed by atoms with Crippen LogP contribution in [0.1, 0.15) is 59.3 Å². The van der Waals surface area contributed by atoms with Gasteiger partial charge in [0.2, 0.25) is 5.91 Å². The molecule has 0 aromatic heterocycles. The Balaban J connectivity index is 1.45. The number of rotatable bonds is 4. The van der Waals surface area contributed by atoms with Crippen LogP contribution >= 0.6 is 0 Å². The van der Waals surface area contributed by atoms with E-state index in [1.165, 1.54) is 6.42 Å². The molecule has 7 nitrogen and oxygen atoms in total. The van der Waals surface area contributed by atoms with E-state index in [2.05, 4.69) is 10.6 Å². The van der Waals surface area contributed by atoms with Crippen molar-refractivity contribution in [3.63, 3.8) is 0 Å². The van der Waals surface area contributed by atoms with Gasteiger partial charge in [-0.1, -0.05) is 40.0 Å². The molecule has 1 aliphatic carbocycles. The first-order chi connectivity index (χ1) is 12.3. The van der Waals surface area contributed by atoms with E-state index < -0.39 is 12.2 Å². The van der Waals surface area contributed by atoms with Gasteiger partial charge in [-0.05, 0) is 18.3 Å². The van der Waals surface area contributed by atoms with Gasteiger partial charge < -0.3 is 24.8 Å². The second-order valence-corrected chi connectivity index (χ2v) is 8.93. The van der Waals surface area contributed by atoms with Crippen molar-refractivity contribution in [3.05, 3.63) is 0 Å². The molecule has 148 valence electrons. The summed E-state index contributed by atoms with van der Waals surface area (Å²) in [6.07, 6.45) is 4.64. The lowest BCUT2D eigenvalue weighted by molar-refractivity contribution is -0.124. The third-order valence-electron chi connectivity index (χ3n) is 5.23. The first-order valence-electron chi connectivity index (χ1n) is 9.81. The maximum absolute atomic E-state index is 12.2. The third kappa shape index (κ3) is 5.10. The third-order valence-corrected chi connectivity index (χ3v) is 5.23. The molecule has 2 aliphatic heterocycles. The van der Waals surface area contributed by atoms with Gasteiger partial charge in [-0.25, -0.2) is 4.79 Å². The molecule has 2 saturated heterocycles. The molecule has 26 heavy (non-hydrogen) atoms. The molecule has 7 heteroatoms. The highest BCUT2D eigenvalue weighted by molar-refractivity contribution is 5.77. The highest BCUT2D eigenvalue weighted by atomic mass is 16.6. The molecule has 2 N–H and O–H groups in total. The van der Waals surface area contributed by atoms with Crippen LogP contribution in [0.5, 0.6) is 0 Å². The van der Waals surface area contributed by atoms with E-state index in [0.29, 0.717) is 19.6 Å². The Kier molecular flexibility index (Phi) is 6.07. The Morgan fingerprint density at radius 1 is 1.00 bits per heavy atom. The summed E-state index contributed by atoms with van der Waals surface area (Å²) in [4.78, 5) is 24.3. The van der Waals surface area contributed by atoms with E-state index in [-0.39, 0.29) is 35.6 Å². The van der Waals surface area contributed by atoms with Crippen molar-refractivity contribution in [2.45, 2.75) is 89.7 Å². The Hall–Kier alpha value is -1.34. The predicted molar refractivity (Wildman–Crippen MR) is 95.8 cm³/mol. The van der Waals surface area contributed by atoms with Crippen molar-refractivity contribution in [1.82, 2.24) is 10.6 Å². The molecule has 0 bridgehead atoms. The zero-order valence-corrected chi connectivity index (χ0v) is 16.1. The zero-order chi connectivity index (χ0) is 18.7. The molecule has 4 atom stereocenters. The molecule has 0 unspecified atom stereocenters. The van der Waals surface area contributed by atoms with Crippen molar-refractivity contribution in [2.75, 3.05) is 13.2 Å². The Morgan fingerprint density at radius 2 is 1.69 bits per heavy atom. The van der Waals surface area contributed by atoms with Crippen LogP contribution in [0.4, 0.5) is 4.79 Å². The lowest BCUT2D eigenvalue weighted by atomic mass is 9.91. The average molecular weight is 368 g/mol. The molecule has 0 radical (unpaired) electrons. The van der Waals surface area contributed by atoms with Crippen molar-refractivity contribution >= 4 is 12.0 Å². The topological polar surface area (TPSA) is 85.9 Å².